The molecule has 1 aromatic carbocycles. The van der Waals surface area contributed by atoms with Crippen LogP contribution in [0.2, 0.25) is 5.02 Å². The zero-order chi connectivity index (χ0) is 18.1. The van der Waals surface area contributed by atoms with Crippen LogP contribution in [0.5, 0.6) is 5.75 Å². The SMILES string of the molecule is CCCCCNC(=O)CCN(C(C)=O)c1cc(C)c(Cl)cc1OC. The summed E-state index contributed by atoms with van der Waals surface area (Å²) >= 11 is 6.11. The van der Waals surface area contributed by atoms with Crippen LogP contribution >= 0.6 is 11.6 Å². The first-order valence-corrected chi connectivity index (χ1v) is 8.67. The van der Waals surface area contributed by atoms with Crippen LogP contribution in [0.4, 0.5) is 5.69 Å². The number of nitrogens with zero attached hydrogens (tertiary/aromatic N) is 1. The van der Waals surface area contributed by atoms with Crippen LogP contribution in [0.15, 0.2) is 12.1 Å². The standard InChI is InChI=1S/C18H27ClN2O3/c1-5-6-7-9-20-18(23)8-10-21(14(3)22)16-11-13(2)15(19)12-17(16)24-4/h11-12H,5-10H2,1-4H3,(H,20,23). The summed E-state index contributed by atoms with van der Waals surface area (Å²) in [5.74, 6) is 0.319. The van der Waals surface area contributed by atoms with Gasteiger partial charge in [0.15, 0.2) is 0 Å². The lowest BCUT2D eigenvalue weighted by Gasteiger charge is -2.24. The Morgan fingerprint density at radius 2 is 2.00 bits per heavy atom. The third-order valence-electron chi connectivity index (χ3n) is 3.80. The summed E-state index contributed by atoms with van der Waals surface area (Å²) < 4.78 is 5.33. The highest BCUT2D eigenvalue weighted by atomic mass is 35.5. The van der Waals surface area contributed by atoms with E-state index in [-0.39, 0.29) is 18.2 Å². The van der Waals surface area contributed by atoms with Gasteiger partial charge in [0.1, 0.15) is 5.75 Å². The minimum absolute atomic E-state index is 0.0537. The number of hydrogen-bond donors (Lipinski definition) is 1. The lowest BCUT2D eigenvalue weighted by molar-refractivity contribution is -0.121. The fourth-order valence-electron chi connectivity index (χ4n) is 2.37. The van der Waals surface area contributed by atoms with Crippen LogP contribution in [0, 0.1) is 6.92 Å². The summed E-state index contributed by atoms with van der Waals surface area (Å²) in [5, 5.41) is 3.46. The smallest absolute Gasteiger partial charge is 0.223 e. The van der Waals surface area contributed by atoms with Gasteiger partial charge in [-0.05, 0) is 25.0 Å². The maximum Gasteiger partial charge on any atom is 0.223 e. The molecule has 0 saturated carbocycles. The summed E-state index contributed by atoms with van der Waals surface area (Å²) in [6, 6.07) is 3.49. The molecule has 0 aliphatic rings. The van der Waals surface area contributed by atoms with Crippen molar-refractivity contribution in [3.63, 3.8) is 0 Å². The lowest BCUT2D eigenvalue weighted by Crippen LogP contribution is -2.34. The maximum absolute atomic E-state index is 12.0. The summed E-state index contributed by atoms with van der Waals surface area (Å²) in [7, 11) is 1.53. The number of anilines is 1. The first-order valence-electron chi connectivity index (χ1n) is 8.29. The van der Waals surface area contributed by atoms with Crippen LogP contribution in [0.3, 0.4) is 0 Å². The molecule has 5 nitrogen and oxygen atoms in total. The van der Waals surface area contributed by atoms with E-state index < -0.39 is 0 Å². The Hall–Kier alpha value is -1.75. The Labute approximate surface area is 149 Å². The molecule has 0 unspecified atom stereocenters. The van der Waals surface area contributed by atoms with Crippen LogP contribution in [-0.2, 0) is 9.59 Å². The first-order chi connectivity index (χ1) is 11.4. The number of amides is 2. The molecule has 0 radical (unpaired) electrons. The van der Waals surface area contributed by atoms with Gasteiger partial charge in [-0.2, -0.15) is 0 Å². The van der Waals surface area contributed by atoms with Gasteiger partial charge in [-0.3, -0.25) is 9.59 Å². The van der Waals surface area contributed by atoms with Crippen molar-refractivity contribution in [3.8, 4) is 5.75 Å². The molecule has 1 aromatic rings. The number of halogens is 1. The monoisotopic (exact) mass is 354 g/mol. The fourth-order valence-corrected chi connectivity index (χ4v) is 2.53. The number of ether oxygens (including phenoxy) is 1. The van der Waals surface area contributed by atoms with Gasteiger partial charge in [-0.15, -0.1) is 0 Å². The van der Waals surface area contributed by atoms with Gasteiger partial charge in [0.05, 0.1) is 12.8 Å². The van der Waals surface area contributed by atoms with Crippen molar-refractivity contribution < 1.29 is 14.3 Å². The van der Waals surface area contributed by atoms with Gasteiger partial charge in [0.25, 0.3) is 0 Å². The maximum atomic E-state index is 12.0. The molecule has 134 valence electrons. The largest absolute Gasteiger partial charge is 0.495 e. The molecule has 0 fully saturated rings. The highest BCUT2D eigenvalue weighted by Gasteiger charge is 2.18. The van der Waals surface area contributed by atoms with Gasteiger partial charge in [-0.25, -0.2) is 0 Å². The molecule has 0 bridgehead atoms. The number of hydrogen-bond acceptors (Lipinski definition) is 3. The summed E-state index contributed by atoms with van der Waals surface area (Å²) in [5.41, 5.74) is 1.48. The highest BCUT2D eigenvalue weighted by molar-refractivity contribution is 6.31. The number of aryl methyl sites for hydroxylation is 1. The molecule has 0 aliphatic heterocycles. The molecule has 2 amide bonds. The second-order valence-electron chi connectivity index (χ2n) is 5.75. The van der Waals surface area contributed by atoms with E-state index in [2.05, 4.69) is 12.2 Å². The molecule has 0 aromatic heterocycles. The third-order valence-corrected chi connectivity index (χ3v) is 4.20. The Morgan fingerprint density at radius 3 is 2.58 bits per heavy atom. The molecular weight excluding hydrogens is 328 g/mol. The molecule has 0 saturated heterocycles. The van der Waals surface area contributed by atoms with E-state index in [4.69, 9.17) is 16.3 Å². The van der Waals surface area contributed by atoms with E-state index in [1.165, 1.54) is 14.0 Å². The second-order valence-corrected chi connectivity index (χ2v) is 6.16. The van der Waals surface area contributed by atoms with Gasteiger partial charge >= 0.3 is 0 Å². The van der Waals surface area contributed by atoms with E-state index in [9.17, 15) is 9.59 Å². The van der Waals surface area contributed by atoms with Gasteiger partial charge in [-0.1, -0.05) is 31.4 Å². The van der Waals surface area contributed by atoms with E-state index in [0.29, 0.717) is 29.5 Å². The zero-order valence-corrected chi connectivity index (χ0v) is 15.7. The normalized spacial score (nSPS) is 10.4. The molecule has 1 rings (SSSR count). The number of unbranched alkanes of at least 4 members (excludes halogenated alkanes) is 2. The van der Waals surface area contributed by atoms with Crippen LogP contribution in [0.25, 0.3) is 0 Å². The average molecular weight is 355 g/mol. The van der Waals surface area contributed by atoms with Crippen molar-refractivity contribution >= 4 is 29.1 Å². The molecule has 0 atom stereocenters. The Kier molecular flexibility index (Phi) is 8.61. The number of carbonyl (C=O) groups is 2. The Balaban J connectivity index is 2.76. The van der Waals surface area contributed by atoms with Crippen molar-refractivity contribution in [1.29, 1.82) is 0 Å². The highest BCUT2D eigenvalue weighted by Crippen LogP contribution is 2.34. The minimum atomic E-state index is -0.145. The van der Waals surface area contributed by atoms with Crippen molar-refractivity contribution in [2.24, 2.45) is 0 Å². The second kappa shape index (κ2) is 10.2. The summed E-state index contributed by atoms with van der Waals surface area (Å²) in [6.07, 6.45) is 3.43. The summed E-state index contributed by atoms with van der Waals surface area (Å²) in [6.45, 7) is 6.43. The molecule has 0 heterocycles. The quantitative estimate of drug-likeness (QED) is 0.688. The number of rotatable bonds is 9. The van der Waals surface area contributed by atoms with Gasteiger partial charge < -0.3 is 15.0 Å². The number of nitrogens with one attached hydrogen (secondary N) is 1. The third kappa shape index (κ3) is 6.04. The van der Waals surface area contributed by atoms with E-state index in [0.717, 1.165) is 24.8 Å². The van der Waals surface area contributed by atoms with Gasteiger partial charge in [0.2, 0.25) is 11.8 Å². The zero-order valence-electron chi connectivity index (χ0n) is 14.9. The van der Waals surface area contributed by atoms with E-state index in [1.54, 1.807) is 11.0 Å². The number of benzene rings is 1. The average Bonchev–Trinajstić information content (AvgIpc) is 2.54. The van der Waals surface area contributed by atoms with Gasteiger partial charge in [0, 0.05) is 37.5 Å². The van der Waals surface area contributed by atoms with Crippen molar-refractivity contribution in [2.75, 3.05) is 25.1 Å². The Bertz CT molecular complexity index is 576. The van der Waals surface area contributed by atoms with Crippen LogP contribution in [0.1, 0.15) is 45.1 Å². The summed E-state index contributed by atoms with van der Waals surface area (Å²) in [4.78, 5) is 25.5. The van der Waals surface area contributed by atoms with E-state index >= 15 is 0 Å². The topological polar surface area (TPSA) is 58.6 Å². The molecule has 0 aliphatic carbocycles. The molecule has 6 heteroatoms. The van der Waals surface area contributed by atoms with Crippen LogP contribution in [-0.4, -0.2) is 32.0 Å². The van der Waals surface area contributed by atoms with Crippen molar-refractivity contribution in [2.45, 2.75) is 46.5 Å². The fraction of sp³-hybridized carbons (Fsp3) is 0.556. The molecule has 24 heavy (non-hydrogen) atoms. The predicted octanol–water partition coefficient (Wildman–Crippen LogP) is 3.71. The number of methoxy groups -OCH3 is 1. The predicted molar refractivity (Wildman–Crippen MR) is 97.9 cm³/mol. The Morgan fingerprint density at radius 1 is 1.29 bits per heavy atom. The van der Waals surface area contributed by atoms with Crippen LogP contribution < -0.4 is 15.0 Å². The molecule has 0 spiro atoms. The number of carbonyl (C=O) groups excluding carboxylic acids is 2. The van der Waals surface area contributed by atoms with E-state index in [1.807, 2.05) is 13.0 Å². The minimum Gasteiger partial charge on any atom is -0.495 e. The lowest BCUT2D eigenvalue weighted by atomic mass is 10.1. The first kappa shape index (κ1) is 20.3. The molecule has 1 N–H and O–H groups in total. The molecular formula is C18H27ClN2O3. The van der Waals surface area contributed by atoms with Crippen molar-refractivity contribution in [3.05, 3.63) is 22.7 Å². The van der Waals surface area contributed by atoms with Crippen molar-refractivity contribution in [1.82, 2.24) is 5.32 Å².